The SMILES string of the molecule is CC[C@H](C)[C@@H]([C@@H](CC(=O)N1CCCC1[C@H](OC)[C@@H](C)C(=O)NC(Cc1ccccc1)C(=O)N(C)c1ccc(CNC(=O)CCCCCN2C(=O)C=CC2=O)cc1)OC)N(C)C(=O)C(N=C(N(C)C)N(C)C)C(C)C. The van der Waals surface area contributed by atoms with Crippen molar-refractivity contribution in [3.05, 3.63) is 77.9 Å². The molecule has 0 aromatic heterocycles. The van der Waals surface area contributed by atoms with E-state index in [9.17, 15) is 33.6 Å². The van der Waals surface area contributed by atoms with Crippen LogP contribution in [0.3, 0.4) is 0 Å². The third-order valence-electron chi connectivity index (χ3n) is 14.4. The number of likely N-dealkylation sites (tertiary alicyclic amines) is 1. The number of amides is 7. The van der Waals surface area contributed by atoms with Crippen molar-refractivity contribution in [3.63, 3.8) is 0 Å². The molecule has 1 saturated heterocycles. The van der Waals surface area contributed by atoms with E-state index in [4.69, 9.17) is 14.5 Å². The lowest BCUT2D eigenvalue weighted by Gasteiger charge is -2.40. The maximum Gasteiger partial charge on any atom is 0.253 e. The fourth-order valence-electron chi connectivity index (χ4n) is 9.98. The fraction of sp³-hybridized carbons (Fsp3) is 0.607. The Morgan fingerprint density at radius 3 is 2.00 bits per heavy atom. The number of anilines is 1. The third kappa shape index (κ3) is 16.4. The summed E-state index contributed by atoms with van der Waals surface area (Å²) in [6.45, 7) is 10.9. The number of likely N-dealkylation sites (N-methyl/N-ethyl adjacent to an activating group) is 2. The molecule has 1 fully saturated rings. The molecule has 2 N–H and O–H groups in total. The molecule has 0 radical (unpaired) electrons. The van der Waals surface area contributed by atoms with Crippen LogP contribution in [0.25, 0.3) is 0 Å². The molecule has 0 spiro atoms. The number of carbonyl (C=O) groups is 7. The lowest BCUT2D eigenvalue weighted by molar-refractivity contribution is -0.146. The fourth-order valence-corrected chi connectivity index (χ4v) is 9.98. The number of nitrogens with zero attached hydrogens (tertiary/aromatic N) is 7. The number of methoxy groups -OCH3 is 2. The van der Waals surface area contributed by atoms with Crippen LogP contribution in [-0.4, -0.2) is 178 Å². The maximum absolute atomic E-state index is 14.5. The van der Waals surface area contributed by atoms with E-state index < -0.39 is 42.3 Å². The number of nitrogens with one attached hydrogen (secondary N) is 2. The van der Waals surface area contributed by atoms with Crippen molar-refractivity contribution < 1.29 is 43.0 Å². The van der Waals surface area contributed by atoms with Gasteiger partial charge >= 0.3 is 0 Å². The average Bonchev–Trinajstić information content (AvgIpc) is 3.99. The molecule has 7 amide bonds. The first-order valence-corrected chi connectivity index (χ1v) is 26.2. The van der Waals surface area contributed by atoms with Crippen molar-refractivity contribution in [3.8, 4) is 0 Å². The summed E-state index contributed by atoms with van der Waals surface area (Å²) in [4.78, 5) is 109. The van der Waals surface area contributed by atoms with Crippen LogP contribution in [0.2, 0.25) is 0 Å². The Kier molecular flexibility index (Phi) is 23.7. The van der Waals surface area contributed by atoms with E-state index in [1.165, 1.54) is 22.0 Å². The number of hydrogen-bond acceptors (Lipinski definition) is 10. The van der Waals surface area contributed by atoms with E-state index in [1.54, 1.807) is 57.2 Å². The highest BCUT2D eigenvalue weighted by molar-refractivity contribution is 6.12. The number of aliphatic imine (C=N–C) groups is 1. The van der Waals surface area contributed by atoms with E-state index in [0.29, 0.717) is 69.8 Å². The number of carbonyl (C=O) groups excluding carboxylic acids is 7. The first-order valence-electron chi connectivity index (χ1n) is 26.2. The predicted molar refractivity (Wildman–Crippen MR) is 288 cm³/mol. The van der Waals surface area contributed by atoms with E-state index in [2.05, 4.69) is 24.5 Å². The van der Waals surface area contributed by atoms with Gasteiger partial charge in [0.05, 0.1) is 36.6 Å². The molecule has 2 aliphatic heterocycles. The van der Waals surface area contributed by atoms with Crippen molar-refractivity contribution in [2.75, 3.05) is 74.5 Å². The van der Waals surface area contributed by atoms with Gasteiger partial charge in [-0.25, -0.2) is 4.99 Å². The minimum atomic E-state index is -0.943. The molecule has 3 unspecified atom stereocenters. The maximum atomic E-state index is 14.5. The highest BCUT2D eigenvalue weighted by atomic mass is 16.5. The van der Waals surface area contributed by atoms with Crippen LogP contribution in [0.15, 0.2) is 71.7 Å². The third-order valence-corrected chi connectivity index (χ3v) is 14.4. The first-order chi connectivity index (χ1) is 35.1. The molecule has 74 heavy (non-hydrogen) atoms. The molecule has 2 aromatic rings. The van der Waals surface area contributed by atoms with Gasteiger partial charge in [0.1, 0.15) is 12.1 Å². The zero-order valence-corrected chi connectivity index (χ0v) is 46.3. The number of hydrogen-bond donors (Lipinski definition) is 2. The largest absolute Gasteiger partial charge is 0.379 e. The molecule has 2 aliphatic rings. The molecule has 18 nitrogen and oxygen atoms in total. The summed E-state index contributed by atoms with van der Waals surface area (Å²) in [7, 11) is 14.1. The standard InChI is InChI=1S/C56H85N9O9/c1-14-38(4)51(63(11)55(72)50(37(2)3)59-56(60(6)7)61(8)9)45(73-12)35-49(69)64-33-21-24-44(64)52(74-13)39(5)53(70)58-43(34-40-22-17-15-18-23-40)54(71)62(10)42-28-26-41(27-29-42)36-57-46(66)25-19-16-20-32-65-47(67)30-31-48(65)68/h15,17-18,22-23,26-31,37-39,43-45,50-52H,14,16,19-21,24-25,32-36H2,1-13H3,(H,57,66)(H,58,70)/t38-,39+,43?,44?,45+,50?,51-,52+/m0/s1. The van der Waals surface area contributed by atoms with Crippen LogP contribution in [0.1, 0.15) is 97.1 Å². The molecule has 18 heteroatoms. The zero-order chi connectivity index (χ0) is 54.8. The van der Waals surface area contributed by atoms with Crippen molar-refractivity contribution in [1.29, 1.82) is 0 Å². The van der Waals surface area contributed by atoms with Gasteiger partial charge in [-0.3, -0.25) is 38.5 Å². The summed E-state index contributed by atoms with van der Waals surface area (Å²) < 4.78 is 12.2. The van der Waals surface area contributed by atoms with Gasteiger partial charge < -0.3 is 44.6 Å². The monoisotopic (exact) mass is 1030 g/mol. The molecule has 8 atom stereocenters. The molecular weight excluding hydrogens is 943 g/mol. The zero-order valence-electron chi connectivity index (χ0n) is 46.3. The van der Waals surface area contributed by atoms with E-state index in [0.717, 1.165) is 17.5 Å². The topological polar surface area (TPSA) is 194 Å². The smallest absolute Gasteiger partial charge is 0.253 e. The number of unbranched alkanes of at least 4 members (excludes halogenated alkanes) is 2. The van der Waals surface area contributed by atoms with Crippen molar-refractivity contribution in [2.45, 2.75) is 135 Å². The Balaban J connectivity index is 1.43. The van der Waals surface area contributed by atoms with Crippen molar-refractivity contribution in [2.24, 2.45) is 22.7 Å². The normalized spacial score (nSPS) is 17.2. The Labute approximate surface area is 440 Å². The molecule has 0 bridgehead atoms. The number of imide groups is 1. The first kappa shape index (κ1) is 60.4. The van der Waals surface area contributed by atoms with Gasteiger partial charge in [-0.05, 0) is 60.8 Å². The highest BCUT2D eigenvalue weighted by Crippen LogP contribution is 2.30. The van der Waals surface area contributed by atoms with Gasteiger partial charge in [0.15, 0.2) is 5.96 Å². The van der Waals surface area contributed by atoms with Crippen LogP contribution in [0, 0.1) is 17.8 Å². The number of rotatable bonds is 27. The number of guanidine groups is 1. The predicted octanol–water partition coefficient (Wildman–Crippen LogP) is 4.90. The second kappa shape index (κ2) is 29.1. The lowest BCUT2D eigenvalue weighted by Crippen LogP contribution is -2.56. The van der Waals surface area contributed by atoms with Crippen LogP contribution in [-0.2, 0) is 56.0 Å². The van der Waals surface area contributed by atoms with Gasteiger partial charge in [-0.2, -0.15) is 0 Å². The van der Waals surface area contributed by atoms with E-state index in [1.807, 2.05) is 94.3 Å². The molecule has 408 valence electrons. The van der Waals surface area contributed by atoms with Crippen molar-refractivity contribution >= 4 is 53.0 Å². The molecule has 0 aliphatic carbocycles. The van der Waals surface area contributed by atoms with Gasteiger partial charge in [0, 0.05) is 107 Å². The minimum absolute atomic E-state index is 0.0111. The summed E-state index contributed by atoms with van der Waals surface area (Å²) in [6.07, 6.45) is 5.76. The summed E-state index contributed by atoms with van der Waals surface area (Å²) in [6, 6.07) is 14.3. The quantitative estimate of drug-likeness (QED) is 0.0535. The van der Waals surface area contributed by atoms with Crippen molar-refractivity contribution in [1.82, 2.24) is 35.1 Å². The van der Waals surface area contributed by atoms with E-state index in [-0.39, 0.29) is 66.0 Å². The lowest BCUT2D eigenvalue weighted by atomic mass is 9.89. The van der Waals surface area contributed by atoms with Crippen LogP contribution in [0.5, 0.6) is 0 Å². The minimum Gasteiger partial charge on any atom is -0.379 e. The van der Waals surface area contributed by atoms with E-state index >= 15 is 0 Å². The van der Waals surface area contributed by atoms with Gasteiger partial charge in [0.25, 0.3) is 11.8 Å². The molecule has 2 aromatic carbocycles. The molecule has 2 heterocycles. The summed E-state index contributed by atoms with van der Waals surface area (Å²) in [5.41, 5.74) is 2.30. The van der Waals surface area contributed by atoms with Crippen LogP contribution >= 0.6 is 0 Å². The Bertz CT molecular complexity index is 2230. The van der Waals surface area contributed by atoms with Gasteiger partial charge in [-0.1, -0.05) is 89.9 Å². The van der Waals surface area contributed by atoms with Crippen LogP contribution in [0.4, 0.5) is 5.69 Å². The Hall–Kier alpha value is -6.14. The second-order valence-corrected chi connectivity index (χ2v) is 20.6. The summed E-state index contributed by atoms with van der Waals surface area (Å²) in [5.74, 6) is -1.96. The molecular formula is C56H85N9O9. The number of benzene rings is 2. The summed E-state index contributed by atoms with van der Waals surface area (Å²) >= 11 is 0. The Morgan fingerprint density at radius 2 is 1.43 bits per heavy atom. The number of ether oxygens (including phenoxy) is 2. The average molecular weight is 1030 g/mol. The molecule has 4 rings (SSSR count). The van der Waals surface area contributed by atoms with Crippen LogP contribution < -0.4 is 15.5 Å². The second-order valence-electron chi connectivity index (χ2n) is 20.6. The highest BCUT2D eigenvalue weighted by Gasteiger charge is 2.43. The van der Waals surface area contributed by atoms with Gasteiger partial charge in [0.2, 0.25) is 29.5 Å². The Morgan fingerprint density at radius 1 is 0.797 bits per heavy atom. The summed E-state index contributed by atoms with van der Waals surface area (Å²) in [5, 5.41) is 5.99. The molecule has 0 saturated carbocycles. The van der Waals surface area contributed by atoms with Gasteiger partial charge in [-0.15, -0.1) is 0 Å².